The molecule has 2 unspecified atom stereocenters. The first-order valence-electron chi connectivity index (χ1n) is 8.54. The van der Waals surface area contributed by atoms with Gasteiger partial charge in [-0.15, -0.1) is 0 Å². The van der Waals surface area contributed by atoms with E-state index in [0.29, 0.717) is 13.2 Å². The van der Waals surface area contributed by atoms with Crippen LogP contribution in [0.1, 0.15) is 45.2 Å². The molecule has 1 fully saturated rings. The molecular weight excluding hydrogens is 337 g/mol. The minimum atomic E-state index is -1.24. The first-order chi connectivity index (χ1) is 12.6. The summed E-state index contributed by atoms with van der Waals surface area (Å²) in [5.41, 5.74) is 0.704. The number of benzene rings is 2. The summed E-state index contributed by atoms with van der Waals surface area (Å²) in [7, 11) is 0. The molecule has 2 atom stereocenters. The smallest absolute Gasteiger partial charge is 0.335 e. The molecule has 6 heteroatoms. The molecule has 2 aromatic carbocycles. The normalized spacial score (nSPS) is 19.7. The van der Waals surface area contributed by atoms with Crippen molar-refractivity contribution in [1.82, 2.24) is 5.32 Å². The third-order valence-electron chi connectivity index (χ3n) is 4.56. The maximum Gasteiger partial charge on any atom is 0.335 e. The lowest BCUT2D eigenvalue weighted by molar-refractivity contribution is -0.0272. The molecular formula is C20H20FNO4. The van der Waals surface area contributed by atoms with Gasteiger partial charge in [-0.25, -0.2) is 9.18 Å². The number of carboxylic acid groups (broad SMARTS) is 1. The van der Waals surface area contributed by atoms with Crippen LogP contribution in [0.5, 0.6) is 0 Å². The molecule has 1 saturated heterocycles. The number of ether oxygens (including phenoxy) is 1. The van der Waals surface area contributed by atoms with Crippen LogP contribution in [0.25, 0.3) is 0 Å². The highest BCUT2D eigenvalue weighted by atomic mass is 19.1. The molecule has 1 aliphatic heterocycles. The van der Waals surface area contributed by atoms with Crippen LogP contribution in [0, 0.1) is 11.7 Å². The Labute approximate surface area is 150 Å². The van der Waals surface area contributed by atoms with Gasteiger partial charge in [0.2, 0.25) is 0 Å². The number of amides is 1. The predicted octanol–water partition coefficient (Wildman–Crippen LogP) is 3.42. The molecule has 26 heavy (non-hydrogen) atoms. The molecule has 1 amide bonds. The number of hydrogen-bond donors (Lipinski definition) is 2. The molecule has 0 saturated carbocycles. The standard InChI is InChI=1S/C20H20FNO4/c21-17-11-14(20(24)25)8-9-16(17)19(23)22-12-15-7-4-10-26-18(15)13-5-2-1-3-6-13/h1-3,5-6,8-9,11,15,18H,4,7,10,12H2,(H,22,23)(H,24,25). The van der Waals surface area contributed by atoms with Crippen molar-refractivity contribution in [3.05, 3.63) is 71.0 Å². The monoisotopic (exact) mass is 357 g/mol. The zero-order valence-electron chi connectivity index (χ0n) is 14.2. The summed E-state index contributed by atoms with van der Waals surface area (Å²) in [6, 6.07) is 13.1. The highest BCUT2D eigenvalue weighted by Gasteiger charge is 2.28. The lowest BCUT2D eigenvalue weighted by Gasteiger charge is -2.32. The van der Waals surface area contributed by atoms with E-state index < -0.39 is 17.7 Å². The maximum atomic E-state index is 14.0. The lowest BCUT2D eigenvalue weighted by atomic mass is 9.89. The average Bonchev–Trinajstić information content (AvgIpc) is 2.67. The number of aromatic carboxylic acids is 1. The summed E-state index contributed by atoms with van der Waals surface area (Å²) in [6.07, 6.45) is 1.70. The van der Waals surface area contributed by atoms with Crippen LogP contribution in [0.4, 0.5) is 4.39 Å². The van der Waals surface area contributed by atoms with E-state index >= 15 is 0 Å². The second kappa shape index (κ2) is 8.10. The topological polar surface area (TPSA) is 75.6 Å². The Bertz CT molecular complexity index is 794. The van der Waals surface area contributed by atoms with Crippen molar-refractivity contribution in [2.24, 2.45) is 5.92 Å². The summed E-state index contributed by atoms with van der Waals surface area (Å²) < 4.78 is 19.9. The molecule has 5 nitrogen and oxygen atoms in total. The Morgan fingerprint density at radius 2 is 1.96 bits per heavy atom. The molecule has 0 radical (unpaired) electrons. The fourth-order valence-electron chi connectivity index (χ4n) is 3.21. The van der Waals surface area contributed by atoms with Gasteiger partial charge >= 0.3 is 5.97 Å². The minimum Gasteiger partial charge on any atom is -0.478 e. The van der Waals surface area contributed by atoms with Gasteiger partial charge in [-0.1, -0.05) is 30.3 Å². The fourth-order valence-corrected chi connectivity index (χ4v) is 3.21. The zero-order chi connectivity index (χ0) is 18.5. The fraction of sp³-hybridized carbons (Fsp3) is 0.300. The van der Waals surface area contributed by atoms with Crippen molar-refractivity contribution in [3.63, 3.8) is 0 Å². The minimum absolute atomic E-state index is 0.0939. The molecule has 2 aromatic rings. The van der Waals surface area contributed by atoms with Crippen molar-refractivity contribution in [1.29, 1.82) is 0 Å². The third-order valence-corrected chi connectivity index (χ3v) is 4.56. The lowest BCUT2D eigenvalue weighted by Crippen LogP contribution is -2.35. The second-order valence-electron chi connectivity index (χ2n) is 6.31. The number of carbonyl (C=O) groups excluding carboxylic acids is 1. The summed E-state index contributed by atoms with van der Waals surface area (Å²) in [4.78, 5) is 23.1. The maximum absolute atomic E-state index is 14.0. The van der Waals surface area contributed by atoms with Crippen molar-refractivity contribution >= 4 is 11.9 Å². The van der Waals surface area contributed by atoms with Gasteiger partial charge < -0.3 is 15.2 Å². The number of halogens is 1. The second-order valence-corrected chi connectivity index (χ2v) is 6.31. The number of nitrogens with one attached hydrogen (secondary N) is 1. The molecule has 136 valence electrons. The van der Waals surface area contributed by atoms with E-state index in [4.69, 9.17) is 9.84 Å². The first kappa shape index (κ1) is 18.1. The van der Waals surface area contributed by atoms with Crippen LogP contribution in [0.15, 0.2) is 48.5 Å². The van der Waals surface area contributed by atoms with E-state index in [-0.39, 0.29) is 23.1 Å². The van der Waals surface area contributed by atoms with E-state index in [0.717, 1.165) is 24.5 Å². The molecule has 0 aromatic heterocycles. The molecule has 0 spiro atoms. The van der Waals surface area contributed by atoms with Crippen LogP contribution >= 0.6 is 0 Å². The first-order valence-corrected chi connectivity index (χ1v) is 8.54. The Morgan fingerprint density at radius 1 is 1.19 bits per heavy atom. The molecule has 2 N–H and O–H groups in total. The van der Waals surface area contributed by atoms with Crippen LogP contribution in [0.3, 0.4) is 0 Å². The summed E-state index contributed by atoms with van der Waals surface area (Å²) in [5, 5.41) is 11.6. The van der Waals surface area contributed by atoms with E-state index in [2.05, 4.69) is 5.32 Å². The number of hydrogen-bond acceptors (Lipinski definition) is 3. The van der Waals surface area contributed by atoms with Crippen molar-refractivity contribution in [2.75, 3.05) is 13.2 Å². The Hall–Kier alpha value is -2.73. The average molecular weight is 357 g/mol. The highest BCUT2D eigenvalue weighted by molar-refractivity contribution is 5.96. The summed E-state index contributed by atoms with van der Waals surface area (Å²) >= 11 is 0. The Morgan fingerprint density at radius 3 is 2.65 bits per heavy atom. The molecule has 0 aliphatic carbocycles. The van der Waals surface area contributed by atoms with Gasteiger partial charge in [0.25, 0.3) is 5.91 Å². The van der Waals surface area contributed by atoms with Crippen LogP contribution in [0.2, 0.25) is 0 Å². The van der Waals surface area contributed by atoms with Crippen LogP contribution in [-0.2, 0) is 4.74 Å². The predicted molar refractivity (Wildman–Crippen MR) is 93.6 cm³/mol. The van der Waals surface area contributed by atoms with Crippen LogP contribution in [-0.4, -0.2) is 30.1 Å². The van der Waals surface area contributed by atoms with E-state index in [1.54, 1.807) is 0 Å². The quantitative estimate of drug-likeness (QED) is 0.860. The number of carboxylic acids is 1. The summed E-state index contributed by atoms with van der Waals surface area (Å²) in [5.74, 6) is -2.55. The largest absolute Gasteiger partial charge is 0.478 e. The van der Waals surface area contributed by atoms with Gasteiger partial charge in [0.15, 0.2) is 0 Å². The number of carbonyl (C=O) groups is 2. The molecule has 0 bridgehead atoms. The van der Waals surface area contributed by atoms with Crippen LogP contribution < -0.4 is 5.32 Å². The van der Waals surface area contributed by atoms with E-state index in [1.165, 1.54) is 12.1 Å². The molecule has 1 heterocycles. The van der Waals surface area contributed by atoms with Gasteiger partial charge in [0.05, 0.1) is 17.2 Å². The Balaban J connectivity index is 1.67. The third kappa shape index (κ3) is 4.08. The van der Waals surface area contributed by atoms with Gasteiger partial charge in [-0.3, -0.25) is 4.79 Å². The molecule has 1 aliphatic rings. The van der Waals surface area contributed by atoms with E-state index in [1.807, 2.05) is 30.3 Å². The Kier molecular flexibility index (Phi) is 5.63. The van der Waals surface area contributed by atoms with Crippen molar-refractivity contribution < 1.29 is 23.8 Å². The number of rotatable bonds is 5. The van der Waals surface area contributed by atoms with E-state index in [9.17, 15) is 14.0 Å². The van der Waals surface area contributed by atoms with Gasteiger partial charge in [0.1, 0.15) is 5.82 Å². The van der Waals surface area contributed by atoms with Crippen molar-refractivity contribution in [3.8, 4) is 0 Å². The highest BCUT2D eigenvalue weighted by Crippen LogP contribution is 2.33. The van der Waals surface area contributed by atoms with Gasteiger partial charge in [0, 0.05) is 19.1 Å². The van der Waals surface area contributed by atoms with Gasteiger partial charge in [-0.2, -0.15) is 0 Å². The van der Waals surface area contributed by atoms with Gasteiger partial charge in [-0.05, 0) is 36.6 Å². The summed E-state index contributed by atoms with van der Waals surface area (Å²) in [6.45, 7) is 1.04. The molecule has 3 rings (SSSR count). The SMILES string of the molecule is O=C(O)c1ccc(C(=O)NCC2CCCOC2c2ccccc2)c(F)c1. The zero-order valence-corrected chi connectivity index (χ0v) is 14.2. The van der Waals surface area contributed by atoms with Crippen molar-refractivity contribution in [2.45, 2.75) is 18.9 Å².